The number of nitrogen functional groups attached to an aromatic ring is 1. The number of carbonyl (C=O) groups excluding carboxylic acids is 1. The number of hydrazine groups is 1. The average molecular weight is 234 g/mol. The fourth-order valence-corrected chi connectivity index (χ4v) is 1.65. The summed E-state index contributed by atoms with van der Waals surface area (Å²) in [4.78, 5) is 11.2. The fraction of sp³-hybridized carbons (Fsp3) is 0.273. The van der Waals surface area contributed by atoms with Crippen LogP contribution in [0.1, 0.15) is 27.5 Å². The van der Waals surface area contributed by atoms with Crippen molar-refractivity contribution in [3.63, 3.8) is 0 Å². The van der Waals surface area contributed by atoms with Gasteiger partial charge < -0.3 is 4.42 Å². The largest absolute Gasteiger partial charge is 0.467 e. The number of nitrogens with zero attached hydrogens (tertiary/aromatic N) is 2. The minimum Gasteiger partial charge on any atom is -0.467 e. The average Bonchev–Trinajstić information content (AvgIpc) is 2.86. The molecule has 0 aliphatic rings. The molecule has 6 nitrogen and oxygen atoms in total. The Morgan fingerprint density at radius 2 is 2.29 bits per heavy atom. The molecule has 0 radical (unpaired) electrons. The molecule has 2 rings (SSSR count). The highest BCUT2D eigenvalue weighted by molar-refractivity contribution is 5.93. The molecular formula is C11H14N4O2. The van der Waals surface area contributed by atoms with Crippen molar-refractivity contribution in [1.82, 2.24) is 15.2 Å². The van der Waals surface area contributed by atoms with Crippen LogP contribution >= 0.6 is 0 Å². The third-order valence-electron chi connectivity index (χ3n) is 2.46. The second-order valence-electron chi connectivity index (χ2n) is 3.86. The third kappa shape index (κ3) is 2.36. The third-order valence-corrected chi connectivity index (χ3v) is 2.46. The van der Waals surface area contributed by atoms with E-state index in [1.807, 2.05) is 24.6 Å². The second-order valence-corrected chi connectivity index (χ2v) is 3.86. The van der Waals surface area contributed by atoms with E-state index < -0.39 is 0 Å². The van der Waals surface area contributed by atoms with Crippen molar-refractivity contribution in [3.05, 3.63) is 41.1 Å². The normalized spacial score (nSPS) is 10.5. The first kappa shape index (κ1) is 11.4. The molecule has 2 aromatic heterocycles. The highest BCUT2D eigenvalue weighted by atomic mass is 16.3. The van der Waals surface area contributed by atoms with Crippen molar-refractivity contribution in [2.45, 2.75) is 20.4 Å². The Morgan fingerprint density at radius 1 is 1.53 bits per heavy atom. The number of nitrogens with one attached hydrogen (secondary N) is 1. The van der Waals surface area contributed by atoms with Crippen LogP contribution in [0.2, 0.25) is 0 Å². The van der Waals surface area contributed by atoms with Crippen LogP contribution in [0.5, 0.6) is 0 Å². The molecule has 0 fully saturated rings. The number of carbonyl (C=O) groups is 1. The molecular weight excluding hydrogens is 220 g/mol. The predicted octanol–water partition coefficient (Wildman–Crippen LogP) is 0.745. The van der Waals surface area contributed by atoms with Crippen LogP contribution in [0.25, 0.3) is 0 Å². The van der Waals surface area contributed by atoms with E-state index in [-0.39, 0.29) is 5.91 Å². The topological polar surface area (TPSA) is 86.1 Å². The molecule has 0 atom stereocenters. The number of furan rings is 1. The lowest BCUT2D eigenvalue weighted by Crippen LogP contribution is -2.29. The molecule has 1 amide bonds. The highest BCUT2D eigenvalue weighted by Crippen LogP contribution is 2.11. The number of aryl methyl sites for hydroxylation is 2. The van der Waals surface area contributed by atoms with Crippen molar-refractivity contribution in [2.75, 3.05) is 0 Å². The molecule has 0 saturated heterocycles. The molecule has 2 heterocycles. The van der Waals surface area contributed by atoms with Gasteiger partial charge in [-0.05, 0) is 26.0 Å². The number of hydrogen-bond donors (Lipinski definition) is 2. The standard InChI is InChI=1S/C11H14N4O2/c1-7-3-8(2)15(14-7)5-10-4-9(6-17-10)11(16)13-12/h3-4,6H,5,12H2,1-2H3,(H,13,16). The van der Waals surface area contributed by atoms with Crippen molar-refractivity contribution >= 4 is 5.91 Å². The maximum atomic E-state index is 11.2. The maximum absolute atomic E-state index is 11.2. The lowest BCUT2D eigenvalue weighted by Gasteiger charge is -2.00. The van der Waals surface area contributed by atoms with Crippen molar-refractivity contribution in [2.24, 2.45) is 5.84 Å². The SMILES string of the molecule is Cc1cc(C)n(Cc2cc(C(=O)NN)co2)n1. The monoisotopic (exact) mass is 234 g/mol. The van der Waals surface area contributed by atoms with Gasteiger partial charge in [0.2, 0.25) is 0 Å². The van der Waals surface area contributed by atoms with Gasteiger partial charge in [-0.25, -0.2) is 5.84 Å². The Morgan fingerprint density at radius 3 is 2.88 bits per heavy atom. The zero-order chi connectivity index (χ0) is 12.4. The van der Waals surface area contributed by atoms with E-state index in [4.69, 9.17) is 10.3 Å². The lowest BCUT2D eigenvalue weighted by molar-refractivity contribution is 0.0953. The zero-order valence-electron chi connectivity index (χ0n) is 9.73. The Kier molecular flexibility index (Phi) is 2.97. The van der Waals surface area contributed by atoms with Crippen molar-refractivity contribution in [3.8, 4) is 0 Å². The molecule has 0 aliphatic heterocycles. The van der Waals surface area contributed by atoms with E-state index in [1.54, 1.807) is 6.07 Å². The van der Waals surface area contributed by atoms with E-state index in [9.17, 15) is 4.79 Å². The summed E-state index contributed by atoms with van der Waals surface area (Å²) in [7, 11) is 0. The van der Waals surface area contributed by atoms with Crippen LogP contribution in [0, 0.1) is 13.8 Å². The van der Waals surface area contributed by atoms with Crippen LogP contribution in [0.15, 0.2) is 22.8 Å². The summed E-state index contributed by atoms with van der Waals surface area (Å²) in [6.45, 7) is 4.40. The van der Waals surface area contributed by atoms with E-state index in [2.05, 4.69) is 10.5 Å². The fourth-order valence-electron chi connectivity index (χ4n) is 1.65. The molecule has 17 heavy (non-hydrogen) atoms. The summed E-state index contributed by atoms with van der Waals surface area (Å²) in [6, 6.07) is 3.63. The van der Waals surface area contributed by atoms with Gasteiger partial charge in [0, 0.05) is 5.69 Å². The molecule has 0 unspecified atom stereocenters. The van der Waals surface area contributed by atoms with Gasteiger partial charge in [-0.2, -0.15) is 5.10 Å². The second kappa shape index (κ2) is 4.42. The molecule has 0 aliphatic carbocycles. The first-order chi connectivity index (χ1) is 8.10. The van der Waals surface area contributed by atoms with Gasteiger partial charge in [0.1, 0.15) is 12.0 Å². The van der Waals surface area contributed by atoms with Gasteiger partial charge in [0.25, 0.3) is 5.91 Å². The molecule has 0 bridgehead atoms. The molecule has 2 aromatic rings. The van der Waals surface area contributed by atoms with Gasteiger partial charge in [0.15, 0.2) is 0 Å². The molecule has 90 valence electrons. The first-order valence-corrected chi connectivity index (χ1v) is 5.19. The van der Waals surface area contributed by atoms with Gasteiger partial charge >= 0.3 is 0 Å². The number of aromatic nitrogens is 2. The van der Waals surface area contributed by atoms with Crippen molar-refractivity contribution in [1.29, 1.82) is 0 Å². The summed E-state index contributed by atoms with van der Waals surface area (Å²) in [5, 5.41) is 4.31. The summed E-state index contributed by atoms with van der Waals surface area (Å²) in [6.07, 6.45) is 1.38. The maximum Gasteiger partial charge on any atom is 0.268 e. The highest BCUT2D eigenvalue weighted by Gasteiger charge is 2.10. The van der Waals surface area contributed by atoms with Crippen LogP contribution in [0.3, 0.4) is 0 Å². The minimum atomic E-state index is -0.367. The smallest absolute Gasteiger partial charge is 0.268 e. The predicted molar refractivity (Wildman–Crippen MR) is 61.2 cm³/mol. The van der Waals surface area contributed by atoms with Gasteiger partial charge in [-0.3, -0.25) is 14.9 Å². The van der Waals surface area contributed by atoms with Crippen LogP contribution in [-0.2, 0) is 6.54 Å². The number of nitrogens with two attached hydrogens (primary N) is 1. The van der Waals surface area contributed by atoms with E-state index in [0.717, 1.165) is 11.4 Å². The van der Waals surface area contributed by atoms with Crippen LogP contribution in [-0.4, -0.2) is 15.7 Å². The number of hydrogen-bond acceptors (Lipinski definition) is 4. The zero-order valence-corrected chi connectivity index (χ0v) is 9.73. The number of rotatable bonds is 3. The van der Waals surface area contributed by atoms with E-state index in [1.165, 1.54) is 6.26 Å². The Bertz CT molecular complexity index is 541. The Balaban J connectivity index is 2.17. The summed E-state index contributed by atoms with van der Waals surface area (Å²) in [5.41, 5.74) is 4.46. The van der Waals surface area contributed by atoms with Crippen molar-refractivity contribution < 1.29 is 9.21 Å². The van der Waals surface area contributed by atoms with Crippen LogP contribution < -0.4 is 11.3 Å². The summed E-state index contributed by atoms with van der Waals surface area (Å²) < 4.78 is 7.10. The van der Waals surface area contributed by atoms with E-state index >= 15 is 0 Å². The van der Waals surface area contributed by atoms with Crippen LogP contribution in [0.4, 0.5) is 0 Å². The molecule has 0 saturated carbocycles. The Hall–Kier alpha value is -2.08. The first-order valence-electron chi connectivity index (χ1n) is 5.19. The molecule has 6 heteroatoms. The molecule has 3 N–H and O–H groups in total. The quantitative estimate of drug-likeness (QED) is 0.466. The minimum absolute atomic E-state index is 0.367. The van der Waals surface area contributed by atoms with Gasteiger partial charge in [-0.1, -0.05) is 0 Å². The Labute approximate surface area is 98.4 Å². The van der Waals surface area contributed by atoms with Gasteiger partial charge in [-0.15, -0.1) is 0 Å². The molecule has 0 aromatic carbocycles. The molecule has 0 spiro atoms. The van der Waals surface area contributed by atoms with E-state index in [0.29, 0.717) is 17.9 Å². The summed E-state index contributed by atoms with van der Waals surface area (Å²) >= 11 is 0. The summed E-state index contributed by atoms with van der Waals surface area (Å²) in [5.74, 6) is 5.33. The lowest BCUT2D eigenvalue weighted by atomic mass is 10.3. The van der Waals surface area contributed by atoms with Gasteiger partial charge in [0.05, 0.1) is 17.8 Å². The number of amides is 1.